The molecule has 6 nitrogen and oxygen atoms in total. The molecule has 2 aromatic rings. The number of pyridine rings is 1. The highest BCUT2D eigenvalue weighted by Crippen LogP contribution is 2.27. The Morgan fingerprint density at radius 2 is 1.89 bits per heavy atom. The molecule has 1 aromatic heterocycles. The van der Waals surface area contributed by atoms with E-state index >= 15 is 0 Å². The van der Waals surface area contributed by atoms with Gasteiger partial charge < -0.3 is 19.5 Å². The summed E-state index contributed by atoms with van der Waals surface area (Å²) in [6.45, 7) is 1.27. The summed E-state index contributed by atoms with van der Waals surface area (Å²) in [6.07, 6.45) is -1.85. The van der Waals surface area contributed by atoms with Crippen molar-refractivity contribution in [1.29, 1.82) is 0 Å². The average Bonchev–Trinajstić information content (AvgIpc) is 2.64. The van der Waals surface area contributed by atoms with Gasteiger partial charge in [-0.3, -0.25) is 4.79 Å². The number of nitrogens with zero attached hydrogens (tertiary/aromatic N) is 1. The van der Waals surface area contributed by atoms with E-state index in [1.54, 1.807) is 6.07 Å². The van der Waals surface area contributed by atoms with Gasteiger partial charge >= 0.3 is 6.36 Å². The number of anilines is 1. The van der Waals surface area contributed by atoms with Crippen molar-refractivity contribution >= 4 is 27.5 Å². The average molecular weight is 461 g/mol. The first-order valence-corrected chi connectivity index (χ1v) is 9.16. The van der Waals surface area contributed by atoms with E-state index in [0.29, 0.717) is 29.3 Å². The molecule has 0 aliphatic carbocycles. The first-order chi connectivity index (χ1) is 13.3. The molecule has 1 amide bonds. The number of benzene rings is 1. The Morgan fingerprint density at radius 1 is 1.21 bits per heavy atom. The summed E-state index contributed by atoms with van der Waals surface area (Å²) in [5.74, 6) is -0.447. The molecule has 1 aliphatic heterocycles. The molecule has 0 saturated carbocycles. The number of hydrogen-bond acceptors (Lipinski definition) is 5. The molecule has 0 bridgehead atoms. The third-order valence-corrected chi connectivity index (χ3v) is 4.43. The molecule has 0 atom stereocenters. The van der Waals surface area contributed by atoms with Gasteiger partial charge in [-0.25, -0.2) is 4.98 Å². The van der Waals surface area contributed by atoms with E-state index in [1.165, 1.54) is 18.3 Å². The number of carbonyl (C=O) groups is 1. The van der Waals surface area contributed by atoms with E-state index < -0.39 is 12.3 Å². The molecule has 0 radical (unpaired) electrons. The number of alkyl halides is 3. The molecule has 1 fully saturated rings. The lowest BCUT2D eigenvalue weighted by Crippen LogP contribution is -2.26. The lowest BCUT2D eigenvalue weighted by molar-refractivity contribution is -0.274. The van der Waals surface area contributed by atoms with E-state index in [4.69, 9.17) is 9.47 Å². The van der Waals surface area contributed by atoms with Gasteiger partial charge in [0.2, 0.25) is 5.88 Å². The zero-order valence-corrected chi connectivity index (χ0v) is 16.0. The van der Waals surface area contributed by atoms with E-state index in [9.17, 15) is 18.0 Å². The van der Waals surface area contributed by atoms with Crippen molar-refractivity contribution in [3.8, 4) is 11.6 Å². The Balaban J connectivity index is 1.61. The second-order valence-corrected chi connectivity index (χ2v) is 6.82. The number of ether oxygens (including phenoxy) is 3. The quantitative estimate of drug-likeness (QED) is 0.708. The molecule has 2 heterocycles. The van der Waals surface area contributed by atoms with Gasteiger partial charge in [-0.05, 0) is 46.3 Å². The normalized spacial score (nSPS) is 15.1. The zero-order chi connectivity index (χ0) is 20.1. The minimum Gasteiger partial charge on any atom is -0.473 e. The van der Waals surface area contributed by atoms with Crippen molar-refractivity contribution in [3.05, 3.63) is 46.6 Å². The second kappa shape index (κ2) is 8.78. The van der Waals surface area contributed by atoms with E-state index in [0.717, 1.165) is 25.0 Å². The van der Waals surface area contributed by atoms with Crippen LogP contribution in [0.3, 0.4) is 0 Å². The summed E-state index contributed by atoms with van der Waals surface area (Å²) in [6, 6.07) is 6.41. The van der Waals surface area contributed by atoms with Gasteiger partial charge in [0.25, 0.3) is 5.91 Å². The SMILES string of the molecule is O=C(Nc1ccc(OC(F)(F)F)cc1)c1cnc(OC2CCOCC2)c(Br)c1. The summed E-state index contributed by atoms with van der Waals surface area (Å²) in [4.78, 5) is 16.5. The second-order valence-electron chi connectivity index (χ2n) is 5.97. The Labute approximate surface area is 167 Å². The topological polar surface area (TPSA) is 69.7 Å². The maximum Gasteiger partial charge on any atom is 0.573 e. The fourth-order valence-electron chi connectivity index (χ4n) is 2.53. The molecule has 150 valence electrons. The van der Waals surface area contributed by atoms with Crippen LogP contribution < -0.4 is 14.8 Å². The number of aromatic nitrogens is 1. The molecule has 0 spiro atoms. The largest absolute Gasteiger partial charge is 0.573 e. The van der Waals surface area contributed by atoms with E-state index in [1.807, 2.05) is 0 Å². The highest BCUT2D eigenvalue weighted by molar-refractivity contribution is 9.10. The maximum absolute atomic E-state index is 12.3. The standard InChI is InChI=1S/C18H16BrF3N2O4/c19-15-9-11(10-23-17(15)27-13-5-7-26-8-6-13)16(25)24-12-1-3-14(4-2-12)28-18(20,21)22/h1-4,9-10,13H,5-8H2,(H,24,25). The highest BCUT2D eigenvalue weighted by Gasteiger charge is 2.31. The van der Waals surface area contributed by atoms with Crippen molar-refractivity contribution in [1.82, 2.24) is 4.98 Å². The van der Waals surface area contributed by atoms with E-state index in [2.05, 4.69) is 31.0 Å². The number of rotatable bonds is 5. The van der Waals surface area contributed by atoms with Gasteiger partial charge in [0.05, 0.1) is 23.2 Å². The number of amides is 1. The Morgan fingerprint density at radius 3 is 2.50 bits per heavy atom. The molecule has 3 rings (SSSR count). The molecule has 28 heavy (non-hydrogen) atoms. The Hall–Kier alpha value is -2.33. The first kappa shape index (κ1) is 20.4. The highest BCUT2D eigenvalue weighted by atomic mass is 79.9. The van der Waals surface area contributed by atoms with Crippen LogP contribution in [-0.2, 0) is 4.74 Å². The predicted octanol–water partition coefficient (Wildman–Crippen LogP) is 4.55. The third-order valence-electron chi connectivity index (χ3n) is 3.86. The number of halogens is 4. The summed E-state index contributed by atoms with van der Waals surface area (Å²) in [5.41, 5.74) is 0.583. The van der Waals surface area contributed by atoms with Crippen LogP contribution in [0, 0.1) is 0 Å². The third kappa shape index (κ3) is 5.83. The molecule has 1 N–H and O–H groups in total. The predicted molar refractivity (Wildman–Crippen MR) is 97.5 cm³/mol. The van der Waals surface area contributed by atoms with Gasteiger partial charge in [0.1, 0.15) is 11.9 Å². The Bertz CT molecular complexity index is 825. The molecule has 0 unspecified atom stereocenters. The van der Waals surface area contributed by atoms with Crippen LogP contribution in [0.25, 0.3) is 0 Å². The minimum absolute atomic E-state index is 0.00894. The molecular formula is C18H16BrF3N2O4. The summed E-state index contributed by atoms with van der Waals surface area (Å²) in [5, 5.41) is 2.58. The van der Waals surface area contributed by atoms with Crippen molar-refractivity contribution in [2.24, 2.45) is 0 Å². The van der Waals surface area contributed by atoms with Crippen LogP contribution in [0.1, 0.15) is 23.2 Å². The summed E-state index contributed by atoms with van der Waals surface area (Å²) in [7, 11) is 0. The minimum atomic E-state index is -4.77. The van der Waals surface area contributed by atoms with Gasteiger partial charge in [-0.1, -0.05) is 0 Å². The zero-order valence-electron chi connectivity index (χ0n) is 14.5. The smallest absolute Gasteiger partial charge is 0.473 e. The number of nitrogens with one attached hydrogen (secondary N) is 1. The van der Waals surface area contributed by atoms with Gasteiger partial charge in [-0.15, -0.1) is 13.2 Å². The van der Waals surface area contributed by atoms with Crippen LogP contribution in [0.4, 0.5) is 18.9 Å². The number of hydrogen-bond donors (Lipinski definition) is 1. The fourth-order valence-corrected chi connectivity index (χ4v) is 2.97. The van der Waals surface area contributed by atoms with Gasteiger partial charge in [0, 0.05) is 24.7 Å². The lowest BCUT2D eigenvalue weighted by Gasteiger charge is -2.23. The molecular weight excluding hydrogens is 445 g/mol. The van der Waals surface area contributed by atoms with Crippen molar-refractivity contribution < 1.29 is 32.2 Å². The van der Waals surface area contributed by atoms with Crippen LogP contribution in [0.5, 0.6) is 11.6 Å². The van der Waals surface area contributed by atoms with Gasteiger partial charge in [0.15, 0.2) is 0 Å². The fraction of sp³-hybridized carbons (Fsp3) is 0.333. The monoisotopic (exact) mass is 460 g/mol. The van der Waals surface area contributed by atoms with Crippen molar-refractivity contribution in [2.75, 3.05) is 18.5 Å². The van der Waals surface area contributed by atoms with Crippen molar-refractivity contribution in [3.63, 3.8) is 0 Å². The number of carbonyl (C=O) groups excluding carboxylic acids is 1. The Kier molecular flexibility index (Phi) is 6.40. The lowest BCUT2D eigenvalue weighted by atomic mass is 10.1. The molecule has 10 heteroatoms. The van der Waals surface area contributed by atoms with Crippen molar-refractivity contribution in [2.45, 2.75) is 25.3 Å². The van der Waals surface area contributed by atoms with Crippen LogP contribution >= 0.6 is 15.9 Å². The first-order valence-electron chi connectivity index (χ1n) is 8.37. The summed E-state index contributed by atoms with van der Waals surface area (Å²) < 4.78 is 51.9. The molecule has 1 aromatic carbocycles. The molecule has 1 aliphatic rings. The van der Waals surface area contributed by atoms with Crippen LogP contribution in [-0.4, -0.2) is 36.6 Å². The van der Waals surface area contributed by atoms with E-state index in [-0.39, 0.29) is 17.4 Å². The van der Waals surface area contributed by atoms with Crippen LogP contribution in [0.15, 0.2) is 41.0 Å². The molecule has 1 saturated heterocycles. The maximum atomic E-state index is 12.3. The summed E-state index contributed by atoms with van der Waals surface area (Å²) >= 11 is 3.34. The van der Waals surface area contributed by atoms with Gasteiger partial charge in [-0.2, -0.15) is 0 Å². The van der Waals surface area contributed by atoms with Crippen LogP contribution in [0.2, 0.25) is 0 Å².